The normalized spacial score (nSPS) is 12.7. The number of guanidine groups is 1. The van der Waals surface area contributed by atoms with Gasteiger partial charge in [-0.25, -0.2) is 4.39 Å². The maximum absolute atomic E-state index is 13.2. The second kappa shape index (κ2) is 10.5. The summed E-state index contributed by atoms with van der Waals surface area (Å²) in [6.07, 6.45) is 0. The molecule has 0 saturated carbocycles. The molecule has 5 nitrogen and oxygen atoms in total. The van der Waals surface area contributed by atoms with E-state index in [1.165, 1.54) is 12.1 Å². The first-order chi connectivity index (χ1) is 13.0. The lowest BCUT2D eigenvalue weighted by atomic mass is 10.1. The zero-order valence-corrected chi connectivity index (χ0v) is 16.5. The van der Waals surface area contributed by atoms with Gasteiger partial charge in [-0.1, -0.05) is 30.3 Å². The summed E-state index contributed by atoms with van der Waals surface area (Å²) >= 11 is 0. The minimum atomic E-state index is -0.227. The van der Waals surface area contributed by atoms with Crippen LogP contribution in [0.25, 0.3) is 0 Å². The van der Waals surface area contributed by atoms with E-state index in [0.717, 1.165) is 16.9 Å². The Morgan fingerprint density at radius 1 is 1.11 bits per heavy atom. The second-order valence-corrected chi connectivity index (χ2v) is 6.38. The largest absolute Gasteiger partial charge is 0.494 e. The molecule has 0 radical (unpaired) electrons. The van der Waals surface area contributed by atoms with Gasteiger partial charge in [-0.15, -0.1) is 0 Å². The average Bonchev–Trinajstić information content (AvgIpc) is 2.67. The lowest BCUT2D eigenvalue weighted by Crippen LogP contribution is -2.41. The molecule has 1 unspecified atom stereocenters. The number of hydrogen-bond acceptors (Lipinski definition) is 3. The molecule has 0 amide bonds. The van der Waals surface area contributed by atoms with Gasteiger partial charge >= 0.3 is 0 Å². The van der Waals surface area contributed by atoms with Gasteiger partial charge in [-0.3, -0.25) is 4.99 Å². The third-order valence-electron chi connectivity index (χ3n) is 4.28. The number of nitrogens with one attached hydrogen (secondary N) is 2. The van der Waals surface area contributed by atoms with Gasteiger partial charge in [0, 0.05) is 25.7 Å². The SMILES string of the molecule is CCOc1ccccc1CNC(=NC)NCC(c1ccc(F)cc1)N(C)C. The molecule has 0 saturated heterocycles. The van der Waals surface area contributed by atoms with E-state index in [-0.39, 0.29) is 11.9 Å². The Hall–Kier alpha value is -2.60. The van der Waals surface area contributed by atoms with E-state index in [1.807, 2.05) is 57.4 Å². The molecule has 2 N–H and O–H groups in total. The summed E-state index contributed by atoms with van der Waals surface area (Å²) in [5.74, 6) is 1.35. The fraction of sp³-hybridized carbons (Fsp3) is 0.381. The summed E-state index contributed by atoms with van der Waals surface area (Å²) in [6.45, 7) is 3.86. The summed E-state index contributed by atoms with van der Waals surface area (Å²) in [7, 11) is 5.75. The van der Waals surface area contributed by atoms with E-state index in [2.05, 4.69) is 20.5 Å². The maximum atomic E-state index is 13.2. The van der Waals surface area contributed by atoms with E-state index in [1.54, 1.807) is 7.05 Å². The first kappa shape index (κ1) is 20.7. The van der Waals surface area contributed by atoms with E-state index < -0.39 is 0 Å². The summed E-state index contributed by atoms with van der Waals surface area (Å²) in [5, 5.41) is 6.67. The number of hydrogen-bond donors (Lipinski definition) is 2. The highest BCUT2D eigenvalue weighted by Crippen LogP contribution is 2.18. The number of rotatable bonds is 8. The third-order valence-corrected chi connectivity index (χ3v) is 4.28. The Balaban J connectivity index is 1.97. The van der Waals surface area contributed by atoms with Gasteiger partial charge < -0.3 is 20.3 Å². The number of benzene rings is 2. The van der Waals surface area contributed by atoms with Crippen molar-refractivity contribution in [3.8, 4) is 5.75 Å². The molecular weight excluding hydrogens is 343 g/mol. The van der Waals surface area contributed by atoms with Crippen LogP contribution in [0, 0.1) is 5.82 Å². The van der Waals surface area contributed by atoms with Crippen LogP contribution < -0.4 is 15.4 Å². The van der Waals surface area contributed by atoms with Crippen LogP contribution in [0.3, 0.4) is 0 Å². The molecule has 0 fully saturated rings. The van der Waals surface area contributed by atoms with Crippen LogP contribution in [0.2, 0.25) is 0 Å². The van der Waals surface area contributed by atoms with E-state index in [9.17, 15) is 4.39 Å². The molecule has 0 heterocycles. The van der Waals surface area contributed by atoms with Crippen molar-refractivity contribution in [2.75, 3.05) is 34.3 Å². The minimum absolute atomic E-state index is 0.0971. The van der Waals surface area contributed by atoms with Crippen molar-refractivity contribution in [3.05, 3.63) is 65.5 Å². The molecule has 2 aromatic carbocycles. The first-order valence-corrected chi connectivity index (χ1v) is 9.12. The third kappa shape index (κ3) is 6.25. The first-order valence-electron chi connectivity index (χ1n) is 9.12. The molecule has 0 spiro atoms. The van der Waals surface area contributed by atoms with Gasteiger partial charge in [0.1, 0.15) is 11.6 Å². The van der Waals surface area contributed by atoms with Gasteiger partial charge in [0.15, 0.2) is 5.96 Å². The maximum Gasteiger partial charge on any atom is 0.191 e. The van der Waals surface area contributed by atoms with Crippen molar-refractivity contribution in [1.82, 2.24) is 15.5 Å². The fourth-order valence-electron chi connectivity index (χ4n) is 2.82. The number of likely N-dealkylation sites (N-methyl/N-ethyl adjacent to an activating group) is 1. The Morgan fingerprint density at radius 2 is 1.81 bits per heavy atom. The van der Waals surface area contributed by atoms with E-state index in [4.69, 9.17) is 4.74 Å². The van der Waals surface area contributed by atoms with Crippen molar-refractivity contribution >= 4 is 5.96 Å². The monoisotopic (exact) mass is 372 g/mol. The predicted octanol–water partition coefficient (Wildman–Crippen LogP) is 3.19. The highest BCUT2D eigenvalue weighted by atomic mass is 19.1. The minimum Gasteiger partial charge on any atom is -0.494 e. The number of ether oxygens (including phenoxy) is 1. The molecule has 0 aromatic heterocycles. The van der Waals surface area contributed by atoms with Gasteiger partial charge in [0.05, 0.1) is 12.6 Å². The smallest absolute Gasteiger partial charge is 0.191 e. The number of halogens is 1. The number of para-hydroxylation sites is 1. The zero-order valence-electron chi connectivity index (χ0n) is 16.5. The van der Waals surface area contributed by atoms with Crippen LogP contribution in [0.15, 0.2) is 53.5 Å². The van der Waals surface area contributed by atoms with E-state index in [0.29, 0.717) is 25.7 Å². The average molecular weight is 372 g/mol. The predicted molar refractivity (Wildman–Crippen MR) is 109 cm³/mol. The Morgan fingerprint density at radius 3 is 2.44 bits per heavy atom. The fourth-order valence-corrected chi connectivity index (χ4v) is 2.82. The number of nitrogens with zero attached hydrogens (tertiary/aromatic N) is 2. The van der Waals surface area contributed by atoms with Crippen LogP contribution in [0.1, 0.15) is 24.1 Å². The van der Waals surface area contributed by atoms with Crippen molar-refractivity contribution in [3.63, 3.8) is 0 Å². The Labute approximate surface area is 161 Å². The van der Waals surface area contributed by atoms with Gasteiger partial charge in [0.25, 0.3) is 0 Å². The molecule has 6 heteroatoms. The van der Waals surface area contributed by atoms with Crippen molar-refractivity contribution in [2.24, 2.45) is 4.99 Å². The lowest BCUT2D eigenvalue weighted by molar-refractivity contribution is 0.298. The molecule has 0 aliphatic heterocycles. The van der Waals surface area contributed by atoms with Crippen molar-refractivity contribution in [1.29, 1.82) is 0 Å². The lowest BCUT2D eigenvalue weighted by Gasteiger charge is -2.26. The van der Waals surface area contributed by atoms with Crippen molar-refractivity contribution < 1.29 is 9.13 Å². The molecule has 0 aliphatic rings. The standard InChI is InChI=1S/C21H29FN4O/c1-5-27-20-9-7-6-8-17(20)14-24-21(23-2)25-15-19(26(3)4)16-10-12-18(22)13-11-16/h6-13,19H,5,14-15H2,1-4H3,(H2,23,24,25). The highest BCUT2D eigenvalue weighted by molar-refractivity contribution is 5.79. The quantitative estimate of drug-likeness (QED) is 0.552. The molecule has 0 bridgehead atoms. The molecule has 146 valence electrons. The summed E-state index contributed by atoms with van der Waals surface area (Å²) in [5.41, 5.74) is 2.12. The van der Waals surface area contributed by atoms with Gasteiger partial charge in [-0.2, -0.15) is 0 Å². The van der Waals surface area contributed by atoms with E-state index >= 15 is 0 Å². The molecule has 0 aliphatic carbocycles. The van der Waals surface area contributed by atoms with Gasteiger partial charge in [-0.05, 0) is 44.8 Å². The second-order valence-electron chi connectivity index (χ2n) is 6.38. The molecule has 2 rings (SSSR count). The van der Waals surface area contributed by atoms with Gasteiger partial charge in [0.2, 0.25) is 0 Å². The van der Waals surface area contributed by atoms with Crippen molar-refractivity contribution in [2.45, 2.75) is 19.5 Å². The topological polar surface area (TPSA) is 48.9 Å². The van der Waals surface area contributed by atoms with Crippen LogP contribution in [0.5, 0.6) is 5.75 Å². The summed E-state index contributed by atoms with van der Waals surface area (Å²) in [4.78, 5) is 6.39. The summed E-state index contributed by atoms with van der Waals surface area (Å²) in [6, 6.07) is 14.7. The van der Waals surface area contributed by atoms with Crippen LogP contribution >= 0.6 is 0 Å². The van der Waals surface area contributed by atoms with Crippen LogP contribution in [-0.2, 0) is 6.54 Å². The molecule has 2 aromatic rings. The van der Waals surface area contributed by atoms with Crippen LogP contribution in [-0.4, -0.2) is 45.2 Å². The summed E-state index contributed by atoms with van der Waals surface area (Å²) < 4.78 is 18.9. The molecule has 1 atom stereocenters. The van der Waals surface area contributed by atoms with Crippen LogP contribution in [0.4, 0.5) is 4.39 Å². The highest BCUT2D eigenvalue weighted by Gasteiger charge is 2.15. The Kier molecular flexibility index (Phi) is 8.07. The zero-order chi connectivity index (χ0) is 19.6. The number of aliphatic imine (C=N–C) groups is 1. The molecular formula is C21H29FN4O. The Bertz CT molecular complexity index is 731. The molecule has 27 heavy (non-hydrogen) atoms.